The number of aromatic nitrogens is 1. The molecule has 0 aliphatic heterocycles. The molecule has 1 N–H and O–H groups in total. The third kappa shape index (κ3) is 3.52. The third-order valence-electron chi connectivity index (χ3n) is 5.13. The molecular formula is C22H22N2O3S. The highest BCUT2D eigenvalue weighted by molar-refractivity contribution is 7.17. The van der Waals surface area contributed by atoms with E-state index in [1.54, 1.807) is 12.1 Å². The Bertz CT molecular complexity index is 1070. The normalized spacial score (nSPS) is 13.6. The Labute approximate surface area is 167 Å². The van der Waals surface area contributed by atoms with Crippen LogP contribution in [0.4, 0.5) is 5.00 Å². The summed E-state index contributed by atoms with van der Waals surface area (Å²) in [6.07, 6.45) is 5.12. The number of fused-ring (bicyclic) bond motifs is 2. The number of ether oxygens (including phenoxy) is 1. The first-order valence-corrected chi connectivity index (χ1v) is 10.3. The number of pyridine rings is 1. The number of esters is 1. The molecule has 0 radical (unpaired) electrons. The van der Waals surface area contributed by atoms with Gasteiger partial charge < -0.3 is 10.1 Å². The molecule has 0 saturated carbocycles. The van der Waals surface area contributed by atoms with Gasteiger partial charge in [0, 0.05) is 21.5 Å². The molecule has 1 aliphatic rings. The predicted molar refractivity (Wildman–Crippen MR) is 111 cm³/mol. The van der Waals surface area contributed by atoms with E-state index in [2.05, 4.69) is 10.3 Å². The minimum atomic E-state index is -0.384. The van der Waals surface area contributed by atoms with Gasteiger partial charge >= 0.3 is 5.97 Å². The molecule has 0 atom stereocenters. The second-order valence-corrected chi connectivity index (χ2v) is 8.18. The quantitative estimate of drug-likeness (QED) is 0.506. The Morgan fingerprint density at radius 1 is 1.11 bits per heavy atom. The van der Waals surface area contributed by atoms with Crippen molar-refractivity contribution in [1.82, 2.24) is 4.98 Å². The Kier molecular flexibility index (Phi) is 5.13. The van der Waals surface area contributed by atoms with Crippen LogP contribution in [-0.4, -0.2) is 24.0 Å². The molecule has 0 spiro atoms. The summed E-state index contributed by atoms with van der Waals surface area (Å²) in [7, 11) is 1.38. The van der Waals surface area contributed by atoms with Gasteiger partial charge in [0.1, 0.15) is 5.00 Å². The minimum Gasteiger partial charge on any atom is -0.465 e. The van der Waals surface area contributed by atoms with Crippen molar-refractivity contribution in [3.8, 4) is 0 Å². The van der Waals surface area contributed by atoms with Crippen molar-refractivity contribution in [3.05, 3.63) is 57.6 Å². The van der Waals surface area contributed by atoms with Crippen molar-refractivity contribution in [2.24, 2.45) is 0 Å². The topological polar surface area (TPSA) is 68.3 Å². The summed E-state index contributed by atoms with van der Waals surface area (Å²) in [6.45, 7) is 1.92. The largest absolute Gasteiger partial charge is 0.465 e. The van der Waals surface area contributed by atoms with Gasteiger partial charge in [0.15, 0.2) is 0 Å². The standard InChI is InChI=1S/C22H22N2O3S/c1-13-8-9-14-10-11-15(12-17(14)23-13)20(25)24-21-19(22(26)27-2)16-6-4-3-5-7-18(16)28-21/h8-12H,3-7H2,1-2H3,(H,24,25). The number of anilines is 1. The third-order valence-corrected chi connectivity index (χ3v) is 6.34. The van der Waals surface area contributed by atoms with Crippen molar-refractivity contribution >= 4 is 39.1 Å². The zero-order valence-corrected chi connectivity index (χ0v) is 16.8. The van der Waals surface area contributed by atoms with Crippen molar-refractivity contribution in [2.45, 2.75) is 39.0 Å². The fourth-order valence-electron chi connectivity index (χ4n) is 3.68. The van der Waals surface area contributed by atoms with Crippen molar-refractivity contribution in [1.29, 1.82) is 0 Å². The number of benzene rings is 1. The van der Waals surface area contributed by atoms with E-state index in [1.807, 2.05) is 25.1 Å². The summed E-state index contributed by atoms with van der Waals surface area (Å²) >= 11 is 1.50. The number of amides is 1. The lowest BCUT2D eigenvalue weighted by molar-refractivity contribution is 0.0601. The number of rotatable bonds is 3. The van der Waals surface area contributed by atoms with E-state index in [9.17, 15) is 9.59 Å². The molecular weight excluding hydrogens is 372 g/mol. The predicted octanol–water partition coefficient (Wildman–Crippen LogP) is 4.91. The molecule has 1 aromatic carbocycles. The van der Waals surface area contributed by atoms with Gasteiger partial charge in [-0.05, 0) is 56.4 Å². The van der Waals surface area contributed by atoms with Crippen LogP contribution in [-0.2, 0) is 17.6 Å². The molecule has 2 heterocycles. The van der Waals surface area contributed by atoms with E-state index in [-0.39, 0.29) is 11.9 Å². The highest BCUT2D eigenvalue weighted by atomic mass is 32.1. The highest BCUT2D eigenvalue weighted by Gasteiger charge is 2.26. The summed E-state index contributed by atoms with van der Waals surface area (Å²) in [5, 5.41) is 4.52. The Hall–Kier alpha value is -2.73. The molecule has 28 heavy (non-hydrogen) atoms. The summed E-state index contributed by atoms with van der Waals surface area (Å²) in [5.74, 6) is -0.628. The number of aryl methyl sites for hydroxylation is 2. The maximum Gasteiger partial charge on any atom is 0.341 e. The van der Waals surface area contributed by atoms with Crippen LogP contribution in [0.3, 0.4) is 0 Å². The fraction of sp³-hybridized carbons (Fsp3) is 0.318. The first-order chi connectivity index (χ1) is 13.6. The van der Waals surface area contributed by atoms with Crippen molar-refractivity contribution < 1.29 is 14.3 Å². The number of hydrogen-bond donors (Lipinski definition) is 1. The summed E-state index contributed by atoms with van der Waals surface area (Å²) < 4.78 is 5.01. The van der Waals surface area contributed by atoms with Gasteiger partial charge in [-0.25, -0.2) is 4.79 Å². The number of nitrogens with zero attached hydrogens (tertiary/aromatic N) is 1. The van der Waals surface area contributed by atoms with Gasteiger partial charge in [-0.3, -0.25) is 9.78 Å². The molecule has 6 heteroatoms. The van der Waals surface area contributed by atoms with Gasteiger partial charge in [-0.15, -0.1) is 11.3 Å². The maximum absolute atomic E-state index is 12.9. The van der Waals surface area contributed by atoms with E-state index >= 15 is 0 Å². The van der Waals surface area contributed by atoms with Crippen LogP contribution in [0.25, 0.3) is 10.9 Å². The lowest BCUT2D eigenvalue weighted by Gasteiger charge is -2.08. The summed E-state index contributed by atoms with van der Waals surface area (Å²) in [5.41, 5.74) is 3.76. The molecule has 2 aromatic heterocycles. The van der Waals surface area contributed by atoms with E-state index in [1.165, 1.54) is 23.3 Å². The number of nitrogens with one attached hydrogen (secondary N) is 1. The van der Waals surface area contributed by atoms with Crippen molar-refractivity contribution in [3.63, 3.8) is 0 Å². The Balaban J connectivity index is 1.68. The number of thiophene rings is 1. The summed E-state index contributed by atoms with van der Waals surface area (Å²) in [6, 6.07) is 9.40. The minimum absolute atomic E-state index is 0.244. The Morgan fingerprint density at radius 2 is 1.89 bits per heavy atom. The zero-order valence-electron chi connectivity index (χ0n) is 16.0. The number of carbonyl (C=O) groups is 2. The van der Waals surface area contributed by atoms with Gasteiger partial charge in [0.25, 0.3) is 5.91 Å². The van der Waals surface area contributed by atoms with Gasteiger partial charge in [-0.2, -0.15) is 0 Å². The van der Waals surface area contributed by atoms with Crippen LogP contribution >= 0.6 is 11.3 Å². The maximum atomic E-state index is 12.9. The molecule has 1 amide bonds. The SMILES string of the molecule is COC(=O)c1c(NC(=O)c2ccc3ccc(C)nc3c2)sc2c1CCCCC2. The average molecular weight is 394 g/mol. The van der Waals surface area contributed by atoms with E-state index in [0.717, 1.165) is 54.3 Å². The van der Waals surface area contributed by atoms with Crippen LogP contribution in [0.2, 0.25) is 0 Å². The molecule has 5 nitrogen and oxygen atoms in total. The number of methoxy groups -OCH3 is 1. The van der Waals surface area contributed by atoms with E-state index in [4.69, 9.17) is 4.74 Å². The Morgan fingerprint density at radius 3 is 2.71 bits per heavy atom. The zero-order chi connectivity index (χ0) is 19.7. The second kappa shape index (κ2) is 7.72. The second-order valence-electron chi connectivity index (χ2n) is 7.07. The van der Waals surface area contributed by atoms with Crippen LogP contribution in [0.1, 0.15) is 56.1 Å². The smallest absolute Gasteiger partial charge is 0.341 e. The van der Waals surface area contributed by atoms with E-state index in [0.29, 0.717) is 16.1 Å². The molecule has 0 fully saturated rings. The van der Waals surface area contributed by atoms with E-state index < -0.39 is 0 Å². The molecule has 1 aliphatic carbocycles. The van der Waals surface area contributed by atoms with Crippen LogP contribution in [0.15, 0.2) is 30.3 Å². The first kappa shape index (κ1) is 18.6. The van der Waals surface area contributed by atoms with Gasteiger partial charge in [0.05, 0.1) is 18.2 Å². The lowest BCUT2D eigenvalue weighted by Crippen LogP contribution is -2.14. The highest BCUT2D eigenvalue weighted by Crippen LogP contribution is 2.38. The molecule has 0 unspecified atom stereocenters. The van der Waals surface area contributed by atoms with Crippen LogP contribution < -0.4 is 5.32 Å². The summed E-state index contributed by atoms with van der Waals surface area (Å²) in [4.78, 5) is 31.0. The van der Waals surface area contributed by atoms with Gasteiger partial charge in [-0.1, -0.05) is 18.6 Å². The van der Waals surface area contributed by atoms with Crippen LogP contribution in [0.5, 0.6) is 0 Å². The number of hydrogen-bond acceptors (Lipinski definition) is 5. The molecule has 0 saturated heterocycles. The molecule has 3 aromatic rings. The fourth-order valence-corrected chi connectivity index (χ4v) is 4.96. The lowest BCUT2D eigenvalue weighted by atomic mass is 10.1. The average Bonchev–Trinajstić information content (AvgIpc) is 2.87. The molecule has 0 bridgehead atoms. The van der Waals surface area contributed by atoms with Crippen molar-refractivity contribution in [2.75, 3.05) is 12.4 Å². The van der Waals surface area contributed by atoms with Gasteiger partial charge in [0.2, 0.25) is 0 Å². The number of carbonyl (C=O) groups excluding carboxylic acids is 2. The molecule has 144 valence electrons. The monoisotopic (exact) mass is 394 g/mol. The first-order valence-electron chi connectivity index (χ1n) is 9.48. The van der Waals surface area contributed by atoms with Crippen LogP contribution in [0, 0.1) is 6.92 Å². The molecule has 4 rings (SSSR count).